The highest BCUT2D eigenvalue weighted by atomic mass is 19.1. The molecule has 0 aliphatic rings. The molecule has 0 bridgehead atoms. The molecular formula is C19H18FN7O2. The zero-order chi connectivity index (χ0) is 20.7. The Morgan fingerprint density at radius 1 is 1.24 bits per heavy atom. The van der Waals surface area contributed by atoms with Crippen LogP contribution in [0.4, 0.5) is 10.1 Å². The molecule has 0 fully saturated rings. The number of carbonyl (C=O) groups is 1. The van der Waals surface area contributed by atoms with E-state index in [1.807, 2.05) is 19.9 Å². The molecule has 4 aromatic rings. The Morgan fingerprint density at radius 3 is 2.72 bits per heavy atom. The summed E-state index contributed by atoms with van der Waals surface area (Å²) in [6, 6.07) is 6.19. The molecule has 148 valence electrons. The number of halogens is 1. The van der Waals surface area contributed by atoms with E-state index in [0.717, 1.165) is 11.4 Å². The van der Waals surface area contributed by atoms with E-state index in [1.54, 1.807) is 19.2 Å². The normalized spacial score (nSPS) is 11.2. The maximum atomic E-state index is 14.6. The lowest BCUT2D eigenvalue weighted by Crippen LogP contribution is -2.27. The number of fused-ring (bicyclic) bond motifs is 1. The largest absolute Gasteiger partial charge is 0.324 e. The fourth-order valence-electron chi connectivity index (χ4n) is 3.16. The van der Waals surface area contributed by atoms with Gasteiger partial charge in [-0.15, -0.1) is 0 Å². The zero-order valence-corrected chi connectivity index (χ0v) is 16.0. The van der Waals surface area contributed by atoms with Crippen molar-refractivity contribution in [1.29, 1.82) is 0 Å². The molecule has 10 heteroatoms. The number of anilines is 1. The first-order chi connectivity index (χ1) is 13.8. The van der Waals surface area contributed by atoms with Crippen LogP contribution in [0.1, 0.15) is 11.4 Å². The Bertz CT molecular complexity index is 1300. The molecule has 0 saturated heterocycles. The summed E-state index contributed by atoms with van der Waals surface area (Å²) in [6.45, 7) is 3.41. The van der Waals surface area contributed by atoms with Crippen LogP contribution in [0, 0.1) is 19.7 Å². The summed E-state index contributed by atoms with van der Waals surface area (Å²) < 4.78 is 18.7. The highest BCUT2D eigenvalue weighted by molar-refractivity contribution is 5.90. The summed E-state index contributed by atoms with van der Waals surface area (Å²) in [7, 11) is 1.68. The third kappa shape index (κ3) is 3.40. The molecule has 0 saturated carbocycles. The van der Waals surface area contributed by atoms with Gasteiger partial charge in [-0.3, -0.25) is 18.8 Å². The summed E-state index contributed by atoms with van der Waals surface area (Å²) >= 11 is 0. The smallest absolute Gasteiger partial charge is 0.264 e. The van der Waals surface area contributed by atoms with Gasteiger partial charge in [-0.1, -0.05) is 0 Å². The molecule has 3 aromatic heterocycles. The molecule has 1 amide bonds. The SMILES string of the molecule is Cc1cc(C)n(-c2ccc(NC(=O)Cn3cnc4c(cnn4C)c3=O)cc2F)n1. The molecule has 3 heterocycles. The van der Waals surface area contributed by atoms with Gasteiger partial charge < -0.3 is 5.32 Å². The van der Waals surface area contributed by atoms with E-state index in [2.05, 4.69) is 20.5 Å². The van der Waals surface area contributed by atoms with Crippen LogP contribution in [0.5, 0.6) is 0 Å². The van der Waals surface area contributed by atoms with Crippen molar-refractivity contribution in [3.8, 4) is 5.69 Å². The second-order valence-corrected chi connectivity index (χ2v) is 6.74. The summed E-state index contributed by atoms with van der Waals surface area (Å²) in [6.07, 6.45) is 2.70. The zero-order valence-electron chi connectivity index (χ0n) is 16.0. The van der Waals surface area contributed by atoms with Gasteiger partial charge >= 0.3 is 0 Å². The van der Waals surface area contributed by atoms with Gasteiger partial charge in [0.05, 0.1) is 11.9 Å². The van der Waals surface area contributed by atoms with Crippen molar-refractivity contribution >= 4 is 22.6 Å². The van der Waals surface area contributed by atoms with Crippen molar-refractivity contribution in [2.75, 3.05) is 5.32 Å². The number of amides is 1. The quantitative estimate of drug-likeness (QED) is 0.567. The van der Waals surface area contributed by atoms with Crippen LogP contribution in [0.3, 0.4) is 0 Å². The molecule has 0 aliphatic heterocycles. The van der Waals surface area contributed by atoms with Crippen LogP contribution in [0.25, 0.3) is 16.7 Å². The number of hydrogen-bond donors (Lipinski definition) is 1. The van der Waals surface area contributed by atoms with Crippen LogP contribution >= 0.6 is 0 Å². The third-order valence-corrected chi connectivity index (χ3v) is 4.50. The monoisotopic (exact) mass is 395 g/mol. The van der Waals surface area contributed by atoms with Gasteiger partial charge in [0, 0.05) is 18.4 Å². The lowest BCUT2D eigenvalue weighted by molar-refractivity contribution is -0.116. The standard InChI is InChI=1S/C19H18FN7O2/c1-11-6-12(2)27(24-11)16-5-4-13(7-15(16)20)23-17(28)9-26-10-21-18-14(19(26)29)8-22-25(18)3/h4-8,10H,9H2,1-3H3,(H,23,28). The Kier molecular flexibility index (Phi) is 4.45. The Balaban J connectivity index is 1.53. The van der Waals surface area contributed by atoms with E-state index in [9.17, 15) is 14.0 Å². The van der Waals surface area contributed by atoms with E-state index in [4.69, 9.17) is 0 Å². The predicted molar refractivity (Wildman–Crippen MR) is 104 cm³/mol. The minimum atomic E-state index is -0.524. The predicted octanol–water partition coefficient (Wildman–Crippen LogP) is 1.71. The van der Waals surface area contributed by atoms with E-state index in [1.165, 1.54) is 32.5 Å². The molecule has 0 aliphatic carbocycles. The highest BCUT2D eigenvalue weighted by Gasteiger charge is 2.13. The second-order valence-electron chi connectivity index (χ2n) is 6.74. The van der Waals surface area contributed by atoms with E-state index in [0.29, 0.717) is 11.0 Å². The maximum Gasteiger partial charge on any atom is 0.264 e. The van der Waals surface area contributed by atoms with Crippen LogP contribution in [-0.2, 0) is 18.4 Å². The molecule has 9 nitrogen and oxygen atoms in total. The molecule has 29 heavy (non-hydrogen) atoms. The van der Waals surface area contributed by atoms with Crippen molar-refractivity contribution in [3.05, 3.63) is 64.3 Å². The maximum absolute atomic E-state index is 14.6. The number of aryl methyl sites for hydroxylation is 3. The van der Waals surface area contributed by atoms with E-state index >= 15 is 0 Å². The number of hydrogen-bond acceptors (Lipinski definition) is 5. The van der Waals surface area contributed by atoms with Gasteiger partial charge in [0.1, 0.15) is 23.9 Å². The highest BCUT2D eigenvalue weighted by Crippen LogP contribution is 2.20. The second kappa shape index (κ2) is 6.97. The van der Waals surface area contributed by atoms with Crippen molar-refractivity contribution in [2.45, 2.75) is 20.4 Å². The molecular weight excluding hydrogens is 377 g/mol. The molecule has 1 N–H and O–H groups in total. The van der Waals surface area contributed by atoms with Crippen LogP contribution < -0.4 is 10.9 Å². The third-order valence-electron chi connectivity index (χ3n) is 4.50. The average molecular weight is 395 g/mol. The lowest BCUT2D eigenvalue weighted by Gasteiger charge is -2.10. The van der Waals surface area contributed by atoms with Crippen molar-refractivity contribution < 1.29 is 9.18 Å². The fraction of sp³-hybridized carbons (Fsp3) is 0.211. The molecule has 0 atom stereocenters. The average Bonchev–Trinajstić information content (AvgIpc) is 3.20. The number of rotatable bonds is 4. The van der Waals surface area contributed by atoms with Crippen LogP contribution in [0.2, 0.25) is 0 Å². The van der Waals surface area contributed by atoms with Gasteiger partial charge in [0.15, 0.2) is 11.5 Å². The number of aromatic nitrogens is 6. The molecule has 0 spiro atoms. The number of carbonyl (C=O) groups excluding carboxylic acids is 1. The number of nitrogens with one attached hydrogen (secondary N) is 1. The van der Waals surface area contributed by atoms with Gasteiger partial charge in [-0.25, -0.2) is 14.1 Å². The van der Waals surface area contributed by atoms with E-state index < -0.39 is 11.7 Å². The van der Waals surface area contributed by atoms with Crippen LogP contribution in [0.15, 0.2) is 41.6 Å². The van der Waals surface area contributed by atoms with Gasteiger partial charge in [0.2, 0.25) is 5.91 Å². The number of nitrogens with zero attached hydrogens (tertiary/aromatic N) is 6. The van der Waals surface area contributed by atoms with Gasteiger partial charge in [-0.05, 0) is 38.1 Å². The first kappa shape index (κ1) is 18.5. The van der Waals surface area contributed by atoms with Crippen molar-refractivity contribution in [2.24, 2.45) is 7.05 Å². The van der Waals surface area contributed by atoms with Crippen molar-refractivity contribution in [1.82, 2.24) is 29.1 Å². The summed E-state index contributed by atoms with van der Waals surface area (Å²) in [5.41, 5.74) is 2.22. The summed E-state index contributed by atoms with van der Waals surface area (Å²) in [5.74, 6) is -1.000. The van der Waals surface area contributed by atoms with Gasteiger partial charge in [-0.2, -0.15) is 10.2 Å². The van der Waals surface area contributed by atoms with E-state index in [-0.39, 0.29) is 23.5 Å². The molecule has 4 rings (SSSR count). The number of benzene rings is 1. The fourth-order valence-corrected chi connectivity index (χ4v) is 3.16. The summed E-state index contributed by atoms with van der Waals surface area (Å²) in [5, 5.41) is 11.2. The summed E-state index contributed by atoms with van der Waals surface area (Å²) in [4.78, 5) is 28.9. The van der Waals surface area contributed by atoms with Crippen molar-refractivity contribution in [3.63, 3.8) is 0 Å². The minimum Gasteiger partial charge on any atom is -0.324 e. The Morgan fingerprint density at radius 2 is 2.03 bits per heavy atom. The van der Waals surface area contributed by atoms with Crippen LogP contribution in [-0.4, -0.2) is 35.0 Å². The Hall–Kier alpha value is -3.82. The first-order valence-corrected chi connectivity index (χ1v) is 8.83. The first-order valence-electron chi connectivity index (χ1n) is 8.83. The lowest BCUT2D eigenvalue weighted by atomic mass is 10.2. The van der Waals surface area contributed by atoms with Gasteiger partial charge in [0.25, 0.3) is 5.56 Å². The molecule has 0 radical (unpaired) electrons. The molecule has 0 unspecified atom stereocenters. The topological polar surface area (TPSA) is 99.6 Å². The minimum absolute atomic E-state index is 0.252. The molecule has 1 aromatic carbocycles. The Labute approximate surface area is 164 Å².